The summed E-state index contributed by atoms with van der Waals surface area (Å²) in [4.78, 5) is 9.33. The second kappa shape index (κ2) is 9.60. The van der Waals surface area contributed by atoms with E-state index in [0.29, 0.717) is 7.48 Å². The van der Waals surface area contributed by atoms with Gasteiger partial charge in [-0.3, -0.25) is 9.97 Å². The van der Waals surface area contributed by atoms with Gasteiger partial charge >= 0.3 is 7.48 Å². The van der Waals surface area contributed by atoms with Crippen molar-refractivity contribution >= 4 is 45.5 Å². The molecule has 0 saturated heterocycles. The van der Waals surface area contributed by atoms with Crippen LogP contribution in [0.2, 0.25) is 0 Å². The summed E-state index contributed by atoms with van der Waals surface area (Å²) in [6, 6.07) is 32.1. The Balaban J connectivity index is 1.38. The van der Waals surface area contributed by atoms with Gasteiger partial charge in [0.15, 0.2) is 0 Å². The molecule has 1 aromatic heterocycles. The fraction of sp³-hybridized carbons (Fsp3) is 0.176. The molecule has 1 N–H and O–H groups in total. The zero-order valence-electron chi connectivity index (χ0n) is 22.8. The lowest BCUT2D eigenvalue weighted by Crippen LogP contribution is -2.49. The third kappa shape index (κ3) is 4.69. The normalized spacial score (nSPS) is 12.3. The van der Waals surface area contributed by atoms with Crippen molar-refractivity contribution in [3.8, 4) is 22.3 Å². The van der Waals surface area contributed by atoms with Crippen molar-refractivity contribution in [1.82, 2.24) is 9.97 Å². The molecule has 0 aliphatic heterocycles. The maximum absolute atomic E-state index is 10.4. The van der Waals surface area contributed by atoms with Gasteiger partial charge in [0.2, 0.25) is 0 Å². The summed E-state index contributed by atoms with van der Waals surface area (Å²) in [7, 11) is 0.430. The number of hydrogen-bond donors (Lipinski definition) is 1. The minimum Gasteiger partial charge on any atom is -0.427 e. The predicted molar refractivity (Wildman–Crippen MR) is 164 cm³/mol. The first-order valence-electron chi connectivity index (χ1n) is 13.3. The number of fused-ring (bicyclic) bond motifs is 6. The van der Waals surface area contributed by atoms with Crippen molar-refractivity contribution in [3.05, 3.63) is 103 Å². The van der Waals surface area contributed by atoms with Crippen LogP contribution in [0.1, 0.15) is 27.7 Å². The molecule has 0 saturated carbocycles. The molecule has 0 aliphatic carbocycles. The summed E-state index contributed by atoms with van der Waals surface area (Å²) in [6.45, 7) is 7.39. The first kappa shape index (κ1) is 25.2. The van der Waals surface area contributed by atoms with Crippen LogP contribution in [-0.2, 0) is 4.65 Å². The average Bonchev–Trinajstić information content (AvgIpc) is 2.96. The summed E-state index contributed by atoms with van der Waals surface area (Å²) >= 11 is 0. The van der Waals surface area contributed by atoms with Gasteiger partial charge in [-0.1, -0.05) is 84.3 Å². The maximum atomic E-state index is 10.4. The number of hydrogen-bond acceptors (Lipinski definition) is 4. The van der Waals surface area contributed by atoms with Crippen LogP contribution in [0.3, 0.4) is 0 Å². The summed E-state index contributed by atoms with van der Waals surface area (Å²) < 4.78 is 6.11. The van der Waals surface area contributed by atoms with Crippen LogP contribution in [-0.4, -0.2) is 33.8 Å². The fourth-order valence-corrected chi connectivity index (χ4v) is 4.97. The Kier molecular flexibility index (Phi) is 6.21. The standard InChI is InChI=1S/C34H31BN2O2/c1-33(2,38)34(3,4)39-35-26-12-8-11-24(20-26)22-9-7-10-23(19-22)25-15-16-29-30(21-25)27-13-5-6-14-28(27)31-32(29)37-18-17-36-31/h5-21,35,38H,1-4H3. The third-order valence-corrected chi connectivity index (χ3v) is 7.97. The molecule has 0 unspecified atom stereocenters. The van der Waals surface area contributed by atoms with E-state index < -0.39 is 11.2 Å². The Hall–Kier alpha value is -4.06. The lowest BCUT2D eigenvalue weighted by molar-refractivity contribution is -0.0893. The maximum Gasteiger partial charge on any atom is 0.309 e. The van der Waals surface area contributed by atoms with Gasteiger partial charge in [0.05, 0.1) is 22.2 Å². The molecule has 0 amide bonds. The van der Waals surface area contributed by atoms with Gasteiger partial charge in [-0.2, -0.15) is 0 Å². The van der Waals surface area contributed by atoms with Crippen molar-refractivity contribution in [1.29, 1.82) is 0 Å². The molecule has 0 aliphatic rings. The smallest absolute Gasteiger partial charge is 0.309 e. The lowest BCUT2D eigenvalue weighted by Gasteiger charge is -2.37. The van der Waals surface area contributed by atoms with E-state index in [0.717, 1.165) is 49.5 Å². The van der Waals surface area contributed by atoms with E-state index in [9.17, 15) is 5.11 Å². The number of aromatic nitrogens is 2. The highest BCUT2D eigenvalue weighted by Gasteiger charge is 2.35. The molecule has 4 nitrogen and oxygen atoms in total. The Bertz CT molecular complexity index is 1800. The molecule has 5 heteroatoms. The Morgan fingerprint density at radius 3 is 1.82 bits per heavy atom. The summed E-state index contributed by atoms with van der Waals surface area (Å²) in [5.41, 5.74) is 5.91. The summed E-state index contributed by atoms with van der Waals surface area (Å²) in [5.74, 6) is 0. The molecule has 5 aromatic carbocycles. The Morgan fingerprint density at radius 1 is 0.590 bits per heavy atom. The van der Waals surface area contributed by atoms with Crippen LogP contribution in [0.5, 0.6) is 0 Å². The van der Waals surface area contributed by atoms with E-state index in [1.807, 2.05) is 13.8 Å². The molecular weight excluding hydrogens is 479 g/mol. The molecule has 0 radical (unpaired) electrons. The quantitative estimate of drug-likeness (QED) is 0.198. The number of nitrogens with zero attached hydrogens (tertiary/aromatic N) is 2. The summed E-state index contributed by atoms with van der Waals surface area (Å²) in [5, 5.41) is 15.0. The van der Waals surface area contributed by atoms with Crippen molar-refractivity contribution in [2.45, 2.75) is 38.9 Å². The van der Waals surface area contributed by atoms with Crippen molar-refractivity contribution in [2.75, 3.05) is 0 Å². The molecule has 0 fully saturated rings. The molecular formula is C34H31BN2O2. The second-order valence-electron chi connectivity index (χ2n) is 11.2. The van der Waals surface area contributed by atoms with Gasteiger partial charge in [-0.25, -0.2) is 0 Å². The highest BCUT2D eigenvalue weighted by Crippen LogP contribution is 2.36. The molecule has 6 rings (SSSR count). The molecule has 1 heterocycles. The van der Waals surface area contributed by atoms with Crippen LogP contribution >= 0.6 is 0 Å². The number of aliphatic hydroxyl groups is 1. The SMILES string of the molecule is CC(C)(O)C(C)(C)OBc1cccc(-c2cccc(-c3ccc4c(c3)c3ccccc3c3nccnc43)c2)c1. The van der Waals surface area contributed by atoms with E-state index in [1.54, 1.807) is 26.2 Å². The van der Waals surface area contributed by atoms with Crippen molar-refractivity contribution in [3.63, 3.8) is 0 Å². The first-order valence-corrected chi connectivity index (χ1v) is 13.3. The molecule has 192 valence electrons. The number of benzene rings is 5. The predicted octanol–water partition coefficient (Wildman–Crippen LogP) is 6.81. The Morgan fingerprint density at radius 2 is 1.15 bits per heavy atom. The average molecular weight is 510 g/mol. The van der Waals surface area contributed by atoms with Gasteiger partial charge in [0.1, 0.15) is 0 Å². The van der Waals surface area contributed by atoms with Gasteiger partial charge in [0.25, 0.3) is 0 Å². The van der Waals surface area contributed by atoms with Crippen LogP contribution in [0, 0.1) is 0 Å². The van der Waals surface area contributed by atoms with Crippen molar-refractivity contribution < 1.29 is 9.76 Å². The molecule has 39 heavy (non-hydrogen) atoms. The number of rotatable bonds is 6. The van der Waals surface area contributed by atoms with Gasteiger partial charge < -0.3 is 9.76 Å². The van der Waals surface area contributed by atoms with E-state index in [-0.39, 0.29) is 0 Å². The molecule has 0 bridgehead atoms. The van der Waals surface area contributed by atoms with E-state index >= 15 is 0 Å². The lowest BCUT2D eigenvalue weighted by atomic mass is 9.81. The van der Waals surface area contributed by atoms with Gasteiger partial charge in [-0.05, 0) is 72.9 Å². The highest BCUT2D eigenvalue weighted by atomic mass is 16.5. The molecule has 0 spiro atoms. The minimum absolute atomic E-state index is 0.430. The highest BCUT2D eigenvalue weighted by molar-refractivity contribution is 6.47. The third-order valence-electron chi connectivity index (χ3n) is 7.97. The zero-order chi connectivity index (χ0) is 27.2. The topological polar surface area (TPSA) is 55.2 Å². The molecule has 0 atom stereocenters. The monoisotopic (exact) mass is 510 g/mol. The van der Waals surface area contributed by atoms with E-state index in [2.05, 4.69) is 101 Å². The van der Waals surface area contributed by atoms with Crippen LogP contribution < -0.4 is 5.46 Å². The fourth-order valence-electron chi connectivity index (χ4n) is 4.97. The van der Waals surface area contributed by atoms with Crippen LogP contribution in [0.4, 0.5) is 0 Å². The van der Waals surface area contributed by atoms with E-state index in [4.69, 9.17) is 4.65 Å². The Labute approximate surface area is 229 Å². The minimum atomic E-state index is -0.941. The summed E-state index contributed by atoms with van der Waals surface area (Å²) in [6.07, 6.45) is 3.52. The first-order chi connectivity index (χ1) is 18.7. The van der Waals surface area contributed by atoms with Gasteiger partial charge in [0, 0.05) is 23.2 Å². The zero-order valence-corrected chi connectivity index (χ0v) is 22.8. The largest absolute Gasteiger partial charge is 0.427 e. The molecule has 6 aromatic rings. The van der Waals surface area contributed by atoms with E-state index in [1.165, 1.54) is 10.8 Å². The van der Waals surface area contributed by atoms with Gasteiger partial charge in [-0.15, -0.1) is 0 Å². The van der Waals surface area contributed by atoms with Crippen molar-refractivity contribution in [2.24, 2.45) is 0 Å². The van der Waals surface area contributed by atoms with Crippen LogP contribution in [0.25, 0.3) is 54.8 Å². The van der Waals surface area contributed by atoms with Crippen LogP contribution in [0.15, 0.2) is 103 Å². The second-order valence-corrected chi connectivity index (χ2v) is 11.2.